The zero-order chi connectivity index (χ0) is 13.5. The lowest BCUT2D eigenvalue weighted by molar-refractivity contribution is 0.0980. The van der Waals surface area contributed by atoms with Crippen LogP contribution in [0, 0.1) is 6.92 Å². The Bertz CT molecular complexity index is 567. The topological polar surface area (TPSA) is 95.3 Å². The van der Waals surface area contributed by atoms with Crippen LogP contribution in [0.2, 0.25) is 0 Å². The first kappa shape index (κ1) is 13.4. The molecule has 0 spiro atoms. The first-order valence-corrected chi connectivity index (χ1v) is 6.54. The van der Waals surface area contributed by atoms with E-state index in [0.717, 1.165) is 0 Å². The van der Waals surface area contributed by atoms with Gasteiger partial charge in [0.25, 0.3) is 5.56 Å². The Morgan fingerprint density at radius 3 is 2.83 bits per heavy atom. The van der Waals surface area contributed by atoms with Crippen LogP contribution in [0.4, 0.5) is 0 Å². The normalized spacial score (nSPS) is 31.8. The highest BCUT2D eigenvalue weighted by atomic mass is 32.2. The van der Waals surface area contributed by atoms with Gasteiger partial charge >= 0.3 is 5.69 Å². The Morgan fingerprint density at radius 2 is 2.28 bits per heavy atom. The second kappa shape index (κ2) is 4.56. The summed E-state index contributed by atoms with van der Waals surface area (Å²) in [5.74, 6) is 0. The monoisotopic (exact) mass is 272 g/mol. The van der Waals surface area contributed by atoms with Crippen LogP contribution in [0.1, 0.15) is 24.3 Å². The molecule has 2 heterocycles. The second-order valence-corrected chi connectivity index (χ2v) is 6.49. The second-order valence-electron chi connectivity index (χ2n) is 4.77. The number of aliphatic hydroxyl groups excluding tert-OH is 2. The molecule has 0 aromatic carbocycles. The number of aliphatic hydroxyl groups is 2. The molecule has 3 atom stereocenters. The van der Waals surface area contributed by atoms with Gasteiger partial charge in [-0.3, -0.25) is 14.3 Å². The number of thioether (sulfide) groups is 1. The minimum absolute atomic E-state index is 0.160. The van der Waals surface area contributed by atoms with Crippen molar-refractivity contribution in [2.45, 2.75) is 36.5 Å². The van der Waals surface area contributed by atoms with Crippen molar-refractivity contribution >= 4 is 11.8 Å². The SMILES string of the molecule is Cc1cn([C@H]2C[C@H](O)[C@@](C)(CO)S2)c(=O)[nH]c1=O. The number of aromatic amines is 1. The molecule has 1 aliphatic rings. The fourth-order valence-electron chi connectivity index (χ4n) is 1.99. The van der Waals surface area contributed by atoms with Crippen molar-refractivity contribution in [2.24, 2.45) is 0 Å². The molecule has 0 aliphatic carbocycles. The quantitative estimate of drug-likeness (QED) is 0.680. The standard InChI is InChI=1S/C11H16N2O4S/c1-6-4-13(10(17)12-9(6)16)8-3-7(15)11(2,5-14)18-8/h4,7-8,14-15H,3,5H2,1-2H3,(H,12,16,17)/t7-,8+,11+/m0/s1. The van der Waals surface area contributed by atoms with Gasteiger partial charge in [0.05, 0.1) is 22.8 Å². The number of rotatable bonds is 2. The maximum atomic E-state index is 11.7. The van der Waals surface area contributed by atoms with Gasteiger partial charge in [-0.25, -0.2) is 4.79 Å². The molecular formula is C11H16N2O4S. The minimum Gasteiger partial charge on any atom is -0.395 e. The maximum absolute atomic E-state index is 11.7. The molecule has 0 saturated carbocycles. The van der Waals surface area contributed by atoms with Gasteiger partial charge in [-0.15, -0.1) is 11.8 Å². The molecule has 3 N–H and O–H groups in total. The third-order valence-corrected chi connectivity index (χ3v) is 4.94. The van der Waals surface area contributed by atoms with Gasteiger partial charge in [0, 0.05) is 18.2 Å². The number of nitrogens with one attached hydrogen (secondary N) is 1. The number of nitrogens with zero attached hydrogens (tertiary/aromatic N) is 1. The summed E-state index contributed by atoms with van der Waals surface area (Å²) in [5, 5.41) is 19.0. The average Bonchev–Trinajstić information content (AvgIpc) is 2.61. The number of H-pyrrole nitrogens is 1. The summed E-state index contributed by atoms with van der Waals surface area (Å²) < 4.78 is 0.736. The van der Waals surface area contributed by atoms with Crippen LogP contribution in [0.25, 0.3) is 0 Å². The molecule has 2 rings (SSSR count). The Morgan fingerprint density at radius 1 is 1.61 bits per heavy atom. The number of hydrogen-bond acceptors (Lipinski definition) is 5. The summed E-state index contributed by atoms with van der Waals surface area (Å²) in [5.41, 5.74) is -0.440. The van der Waals surface area contributed by atoms with Crippen LogP contribution in [0.3, 0.4) is 0 Å². The summed E-state index contributed by atoms with van der Waals surface area (Å²) in [6.07, 6.45) is 1.18. The van der Waals surface area contributed by atoms with Crippen molar-refractivity contribution in [3.8, 4) is 0 Å². The lowest BCUT2D eigenvalue weighted by Crippen LogP contribution is -2.34. The minimum atomic E-state index is -0.684. The number of aromatic nitrogens is 2. The zero-order valence-corrected chi connectivity index (χ0v) is 11.0. The maximum Gasteiger partial charge on any atom is 0.329 e. The molecule has 100 valence electrons. The van der Waals surface area contributed by atoms with Crippen LogP contribution in [0.15, 0.2) is 15.8 Å². The van der Waals surface area contributed by atoms with Crippen LogP contribution >= 0.6 is 11.8 Å². The van der Waals surface area contributed by atoms with E-state index in [-0.39, 0.29) is 12.0 Å². The smallest absolute Gasteiger partial charge is 0.329 e. The van der Waals surface area contributed by atoms with Crippen LogP contribution < -0.4 is 11.2 Å². The number of aryl methyl sites for hydroxylation is 1. The van der Waals surface area contributed by atoms with Gasteiger partial charge in [-0.2, -0.15) is 0 Å². The van der Waals surface area contributed by atoms with Crippen molar-refractivity contribution in [3.63, 3.8) is 0 Å². The van der Waals surface area contributed by atoms with Gasteiger partial charge in [0.2, 0.25) is 0 Å². The first-order valence-electron chi connectivity index (χ1n) is 5.66. The van der Waals surface area contributed by atoms with Crippen LogP contribution in [-0.4, -0.2) is 37.2 Å². The fourth-order valence-corrected chi connectivity index (χ4v) is 3.49. The van der Waals surface area contributed by atoms with E-state index in [4.69, 9.17) is 0 Å². The van der Waals surface area contributed by atoms with Crippen molar-refractivity contribution in [1.29, 1.82) is 0 Å². The molecular weight excluding hydrogens is 256 g/mol. The van der Waals surface area contributed by atoms with Gasteiger partial charge in [-0.1, -0.05) is 0 Å². The van der Waals surface area contributed by atoms with E-state index in [9.17, 15) is 19.8 Å². The van der Waals surface area contributed by atoms with E-state index in [0.29, 0.717) is 12.0 Å². The molecule has 18 heavy (non-hydrogen) atoms. The Labute approximate surface area is 108 Å². The summed E-state index contributed by atoms with van der Waals surface area (Å²) in [7, 11) is 0. The number of hydrogen-bond donors (Lipinski definition) is 3. The predicted octanol–water partition coefficient (Wildman–Crippen LogP) is -0.408. The molecule has 1 saturated heterocycles. The van der Waals surface area contributed by atoms with Crippen LogP contribution in [-0.2, 0) is 0 Å². The van der Waals surface area contributed by atoms with E-state index in [1.54, 1.807) is 13.8 Å². The predicted molar refractivity (Wildman–Crippen MR) is 68.8 cm³/mol. The van der Waals surface area contributed by atoms with Gasteiger partial charge in [0.1, 0.15) is 0 Å². The summed E-state index contributed by atoms with van der Waals surface area (Å²) >= 11 is 1.34. The summed E-state index contributed by atoms with van der Waals surface area (Å²) in [6.45, 7) is 3.22. The van der Waals surface area contributed by atoms with E-state index in [1.807, 2.05) is 0 Å². The fraction of sp³-hybridized carbons (Fsp3) is 0.636. The first-order chi connectivity index (χ1) is 8.37. The molecule has 1 fully saturated rings. The van der Waals surface area contributed by atoms with Crippen LogP contribution in [0.5, 0.6) is 0 Å². The van der Waals surface area contributed by atoms with Gasteiger partial charge in [0.15, 0.2) is 0 Å². The third-order valence-electron chi connectivity index (χ3n) is 3.31. The van der Waals surface area contributed by atoms with Crippen molar-refractivity contribution in [1.82, 2.24) is 9.55 Å². The largest absolute Gasteiger partial charge is 0.395 e. The van der Waals surface area contributed by atoms with Gasteiger partial charge in [-0.05, 0) is 13.8 Å². The summed E-state index contributed by atoms with van der Waals surface area (Å²) in [4.78, 5) is 25.3. The van der Waals surface area contributed by atoms with E-state index in [2.05, 4.69) is 4.98 Å². The van der Waals surface area contributed by atoms with Crippen molar-refractivity contribution in [2.75, 3.05) is 6.61 Å². The molecule has 1 aliphatic heterocycles. The third kappa shape index (κ3) is 2.13. The van der Waals surface area contributed by atoms with E-state index >= 15 is 0 Å². The molecule has 0 unspecified atom stereocenters. The molecule has 0 bridgehead atoms. The zero-order valence-electron chi connectivity index (χ0n) is 10.2. The molecule has 0 amide bonds. The average molecular weight is 272 g/mol. The van der Waals surface area contributed by atoms with Crippen molar-refractivity contribution < 1.29 is 10.2 Å². The highest BCUT2D eigenvalue weighted by Crippen LogP contribution is 2.48. The molecule has 7 heteroatoms. The Balaban J connectivity index is 2.38. The Kier molecular flexibility index (Phi) is 3.39. The molecule has 0 radical (unpaired) electrons. The Hall–Kier alpha value is -1.05. The molecule has 6 nitrogen and oxygen atoms in total. The molecule has 1 aromatic rings. The molecule has 1 aromatic heterocycles. The highest BCUT2D eigenvalue weighted by molar-refractivity contribution is 8.01. The van der Waals surface area contributed by atoms with E-state index in [1.165, 1.54) is 22.5 Å². The highest BCUT2D eigenvalue weighted by Gasteiger charge is 2.44. The van der Waals surface area contributed by atoms with Gasteiger partial charge < -0.3 is 10.2 Å². The lowest BCUT2D eigenvalue weighted by atomic mass is 10.0. The lowest BCUT2D eigenvalue weighted by Gasteiger charge is -2.24. The summed E-state index contributed by atoms with van der Waals surface area (Å²) in [6, 6.07) is 0. The van der Waals surface area contributed by atoms with E-state index < -0.39 is 22.1 Å². The van der Waals surface area contributed by atoms with Crippen molar-refractivity contribution in [3.05, 3.63) is 32.6 Å².